The van der Waals surface area contributed by atoms with E-state index in [1.807, 2.05) is 0 Å². The highest BCUT2D eigenvalue weighted by molar-refractivity contribution is 4.46. The molecule has 0 aliphatic heterocycles. The van der Waals surface area contributed by atoms with Crippen LogP contribution in [0.1, 0.15) is 65.8 Å². The topological polar surface area (TPSA) is 13.0 Å². The largest absolute Gasteiger partial charge is 0.297 e. The van der Waals surface area contributed by atoms with Crippen molar-refractivity contribution < 1.29 is 0 Å². The highest BCUT2D eigenvalue weighted by Gasteiger charge is 1.96. The molecule has 0 unspecified atom stereocenters. The molecule has 0 atom stereocenters. The van der Waals surface area contributed by atoms with Gasteiger partial charge in [-0.05, 0) is 55.4 Å². The first-order chi connectivity index (χ1) is 7.33. The van der Waals surface area contributed by atoms with Crippen LogP contribution in [0.4, 0.5) is 0 Å². The number of rotatable bonds is 6. The van der Waals surface area contributed by atoms with E-state index in [-0.39, 0.29) is 52.0 Å². The summed E-state index contributed by atoms with van der Waals surface area (Å²) in [4.78, 5) is 8.81. The molecular formula is C19H60N4. The summed E-state index contributed by atoms with van der Waals surface area (Å²) in [6.45, 7) is 8.70. The summed E-state index contributed by atoms with van der Waals surface area (Å²) >= 11 is 0. The molecule has 4 heteroatoms. The highest BCUT2D eigenvalue weighted by Crippen LogP contribution is 1.84. The Morgan fingerprint density at radius 2 is 0.652 bits per heavy atom. The van der Waals surface area contributed by atoms with Crippen LogP contribution in [0.5, 0.6) is 0 Å². The fraction of sp³-hybridized carbons (Fsp3) is 1.00. The van der Waals surface area contributed by atoms with Gasteiger partial charge in [0.15, 0.2) is 0 Å². The Hall–Kier alpha value is -0.160. The predicted octanol–water partition coefficient (Wildman–Crippen LogP) is 5.37. The average Bonchev–Trinajstić information content (AvgIpc) is 2.16. The van der Waals surface area contributed by atoms with Gasteiger partial charge in [-0.1, -0.05) is 65.8 Å². The van der Waals surface area contributed by atoms with Crippen molar-refractivity contribution in [3.8, 4) is 0 Å². The van der Waals surface area contributed by atoms with Crippen LogP contribution in [0.15, 0.2) is 0 Å². The summed E-state index contributed by atoms with van der Waals surface area (Å²) in [5, 5.41) is 0. The van der Waals surface area contributed by atoms with Crippen molar-refractivity contribution in [1.82, 2.24) is 19.6 Å². The minimum Gasteiger partial charge on any atom is -0.297 e. The SMILES string of the molecule is C.C.C.C.C.C.C.CCN(C)CN(C)CC.CN(C)CN(C)C. The molecule has 0 N–H and O–H groups in total. The van der Waals surface area contributed by atoms with E-state index in [2.05, 4.69) is 75.7 Å². The normalized spacial score (nSPS) is 7.83. The number of hydrogen-bond acceptors (Lipinski definition) is 4. The molecule has 23 heavy (non-hydrogen) atoms. The van der Waals surface area contributed by atoms with Gasteiger partial charge in [0.05, 0.1) is 0 Å². The van der Waals surface area contributed by atoms with Crippen LogP contribution in [0.3, 0.4) is 0 Å². The molecule has 0 aromatic rings. The van der Waals surface area contributed by atoms with Gasteiger partial charge in [0.25, 0.3) is 0 Å². The third-order valence-corrected chi connectivity index (χ3v) is 2.13. The van der Waals surface area contributed by atoms with Crippen LogP contribution in [0.2, 0.25) is 0 Å². The molecule has 0 fully saturated rings. The molecule has 0 spiro atoms. The molecule has 0 heterocycles. The lowest BCUT2D eigenvalue weighted by atomic mass is 10.6. The molecule has 0 rings (SSSR count). The second kappa shape index (κ2) is 37.8. The van der Waals surface area contributed by atoms with Crippen LogP contribution >= 0.6 is 0 Å². The summed E-state index contributed by atoms with van der Waals surface area (Å²) in [6, 6.07) is 0. The van der Waals surface area contributed by atoms with Gasteiger partial charge in [0.1, 0.15) is 0 Å². The van der Waals surface area contributed by atoms with E-state index in [0.717, 1.165) is 26.4 Å². The van der Waals surface area contributed by atoms with Crippen LogP contribution in [-0.2, 0) is 0 Å². The summed E-state index contributed by atoms with van der Waals surface area (Å²) in [6.07, 6.45) is 0. The highest BCUT2D eigenvalue weighted by atomic mass is 15.3. The molecule has 0 radical (unpaired) electrons. The lowest BCUT2D eigenvalue weighted by molar-refractivity contribution is 0.196. The van der Waals surface area contributed by atoms with Gasteiger partial charge in [0.2, 0.25) is 0 Å². The molecule has 4 nitrogen and oxygen atoms in total. The fourth-order valence-electron chi connectivity index (χ4n) is 1.18. The van der Waals surface area contributed by atoms with Gasteiger partial charge in [-0.2, -0.15) is 0 Å². The maximum atomic E-state index is 2.28. The van der Waals surface area contributed by atoms with E-state index < -0.39 is 0 Å². The summed E-state index contributed by atoms with van der Waals surface area (Å²) in [5.74, 6) is 0. The first-order valence-electron chi connectivity index (χ1n) is 5.99. The predicted molar refractivity (Wildman–Crippen MR) is 121 cm³/mol. The average molecular weight is 345 g/mol. The Labute approximate surface area is 154 Å². The van der Waals surface area contributed by atoms with Crippen molar-refractivity contribution in [3.63, 3.8) is 0 Å². The van der Waals surface area contributed by atoms with Crippen molar-refractivity contribution in [2.75, 3.05) is 68.7 Å². The van der Waals surface area contributed by atoms with Crippen LogP contribution in [-0.4, -0.2) is 88.3 Å². The van der Waals surface area contributed by atoms with Crippen molar-refractivity contribution in [2.45, 2.75) is 65.8 Å². The second-order valence-electron chi connectivity index (χ2n) is 4.79. The zero-order valence-corrected chi connectivity index (χ0v) is 12.6. The molecule has 156 valence electrons. The molecule has 0 saturated heterocycles. The third kappa shape index (κ3) is 61.3. The fourth-order valence-corrected chi connectivity index (χ4v) is 1.18. The zero-order chi connectivity index (χ0) is 13.1. The Balaban J connectivity index is -0.0000000189. The number of nitrogens with zero attached hydrogens (tertiary/aromatic N) is 4. The molecular weight excluding hydrogens is 284 g/mol. The summed E-state index contributed by atoms with van der Waals surface area (Å²) in [7, 11) is 12.5. The van der Waals surface area contributed by atoms with E-state index in [4.69, 9.17) is 0 Å². The summed E-state index contributed by atoms with van der Waals surface area (Å²) < 4.78 is 0. The molecule has 0 aromatic heterocycles. The van der Waals surface area contributed by atoms with Crippen molar-refractivity contribution >= 4 is 0 Å². The van der Waals surface area contributed by atoms with Gasteiger partial charge < -0.3 is 0 Å². The van der Waals surface area contributed by atoms with Gasteiger partial charge in [-0.25, -0.2) is 0 Å². The van der Waals surface area contributed by atoms with E-state index >= 15 is 0 Å². The molecule has 0 aliphatic carbocycles. The van der Waals surface area contributed by atoms with Gasteiger partial charge >= 0.3 is 0 Å². The standard InChI is InChI=1S/C7H18N2.C5H14N2.7CH4/c1-5-8(3)7-9(4)6-2;1-6(2)5-7(3)4;;;;;;;/h5-7H2,1-4H3;5H2,1-4H3;7*1H4. The Morgan fingerprint density at radius 1 is 0.435 bits per heavy atom. The van der Waals surface area contributed by atoms with Gasteiger partial charge in [-0.3, -0.25) is 19.6 Å². The minimum atomic E-state index is 0. The quantitative estimate of drug-likeness (QED) is 0.601. The summed E-state index contributed by atoms with van der Waals surface area (Å²) in [5.41, 5.74) is 0. The van der Waals surface area contributed by atoms with Crippen molar-refractivity contribution in [2.24, 2.45) is 0 Å². The monoisotopic (exact) mass is 344 g/mol. The van der Waals surface area contributed by atoms with Crippen LogP contribution in [0.25, 0.3) is 0 Å². The third-order valence-electron chi connectivity index (χ3n) is 2.13. The van der Waals surface area contributed by atoms with E-state index in [9.17, 15) is 0 Å². The first-order valence-corrected chi connectivity index (χ1v) is 5.99. The molecule has 0 saturated carbocycles. The Bertz CT molecular complexity index is 125. The van der Waals surface area contributed by atoms with E-state index in [1.54, 1.807) is 0 Å². The Morgan fingerprint density at radius 3 is 0.739 bits per heavy atom. The molecule has 0 aromatic carbocycles. The second-order valence-corrected chi connectivity index (χ2v) is 4.79. The van der Waals surface area contributed by atoms with E-state index in [1.165, 1.54) is 0 Å². The maximum absolute atomic E-state index is 2.28. The molecule has 0 aliphatic rings. The van der Waals surface area contributed by atoms with E-state index in [0.29, 0.717) is 0 Å². The Kier molecular flexibility index (Phi) is 93.5. The lowest BCUT2D eigenvalue weighted by Gasteiger charge is -2.21. The molecule has 0 bridgehead atoms. The smallest absolute Gasteiger partial charge is 0.0500 e. The van der Waals surface area contributed by atoms with Crippen molar-refractivity contribution in [3.05, 3.63) is 0 Å². The lowest BCUT2D eigenvalue weighted by Crippen LogP contribution is -2.32. The first kappa shape index (κ1) is 56.9. The minimum absolute atomic E-state index is 0. The maximum Gasteiger partial charge on any atom is 0.0500 e. The van der Waals surface area contributed by atoms with Crippen LogP contribution < -0.4 is 0 Å². The van der Waals surface area contributed by atoms with Gasteiger partial charge in [-0.15, -0.1) is 0 Å². The van der Waals surface area contributed by atoms with Gasteiger partial charge in [0, 0.05) is 13.3 Å². The van der Waals surface area contributed by atoms with Crippen molar-refractivity contribution in [1.29, 1.82) is 0 Å². The number of hydrogen-bond donors (Lipinski definition) is 0. The molecule has 0 amide bonds. The zero-order valence-electron chi connectivity index (χ0n) is 12.6. The van der Waals surface area contributed by atoms with Crippen LogP contribution in [0, 0.1) is 0 Å².